The molecule has 1 aliphatic heterocycles. The minimum atomic E-state index is -0.739. The largest absolute Gasteiger partial charge is 0.452 e. The Morgan fingerprint density at radius 2 is 1.56 bits per heavy atom. The lowest BCUT2D eigenvalue weighted by molar-refractivity contribution is -0.119. The summed E-state index contributed by atoms with van der Waals surface area (Å²) in [6, 6.07) is 19.8. The number of carbonyl (C=O) groups excluding carboxylic acids is 4. The van der Waals surface area contributed by atoms with Crippen LogP contribution >= 0.6 is 11.8 Å². The van der Waals surface area contributed by atoms with Gasteiger partial charge < -0.3 is 10.1 Å². The highest BCUT2D eigenvalue weighted by molar-refractivity contribution is 7.98. The maximum atomic E-state index is 12.7. The topological polar surface area (TPSA) is 92.8 Å². The van der Waals surface area contributed by atoms with Crippen molar-refractivity contribution in [1.82, 2.24) is 0 Å². The van der Waals surface area contributed by atoms with Crippen LogP contribution in [0.1, 0.15) is 31.1 Å². The number of imide groups is 1. The number of rotatable bonds is 6. The van der Waals surface area contributed by atoms with E-state index in [9.17, 15) is 19.2 Å². The van der Waals surface area contributed by atoms with Crippen LogP contribution in [0.2, 0.25) is 0 Å². The number of para-hydroxylation sites is 1. The number of benzene rings is 3. The van der Waals surface area contributed by atoms with E-state index in [1.807, 2.05) is 18.4 Å². The Hall–Kier alpha value is -3.91. The van der Waals surface area contributed by atoms with E-state index in [1.54, 1.807) is 48.5 Å². The molecule has 8 heteroatoms. The molecule has 0 radical (unpaired) electrons. The van der Waals surface area contributed by atoms with E-state index < -0.39 is 30.3 Å². The predicted octanol–water partition coefficient (Wildman–Crippen LogP) is 4.00. The standard InChI is InChI=1S/C24H18N2O5S/c1-32-20-12-5-4-11-19(20)25-21(27)14-31-24(30)15-7-6-8-16(13-15)26-22(28)17-9-2-3-10-18(17)23(26)29/h2-13H,14H2,1H3,(H,25,27). The second-order valence-corrected chi connectivity index (χ2v) is 7.71. The van der Waals surface area contributed by atoms with E-state index in [4.69, 9.17) is 4.74 Å². The number of ether oxygens (including phenoxy) is 1. The Labute approximate surface area is 188 Å². The van der Waals surface area contributed by atoms with Crippen LogP contribution in [-0.4, -0.2) is 36.6 Å². The smallest absolute Gasteiger partial charge is 0.338 e. The second-order valence-electron chi connectivity index (χ2n) is 6.87. The lowest BCUT2D eigenvalue weighted by Gasteiger charge is -2.15. The molecule has 0 saturated heterocycles. The van der Waals surface area contributed by atoms with Gasteiger partial charge in [0.15, 0.2) is 6.61 Å². The second kappa shape index (κ2) is 9.07. The normalized spacial score (nSPS) is 12.5. The van der Waals surface area contributed by atoms with Crippen molar-refractivity contribution in [3.8, 4) is 0 Å². The fraction of sp³-hybridized carbons (Fsp3) is 0.0833. The van der Waals surface area contributed by atoms with Crippen LogP contribution in [0.5, 0.6) is 0 Å². The van der Waals surface area contributed by atoms with Crippen LogP contribution in [0.4, 0.5) is 11.4 Å². The number of nitrogens with one attached hydrogen (secondary N) is 1. The van der Waals surface area contributed by atoms with Crippen molar-refractivity contribution in [1.29, 1.82) is 0 Å². The summed E-state index contributed by atoms with van der Waals surface area (Å²) in [5.74, 6) is -2.13. The van der Waals surface area contributed by atoms with E-state index in [0.29, 0.717) is 16.8 Å². The van der Waals surface area contributed by atoms with Crippen LogP contribution in [0.3, 0.4) is 0 Å². The van der Waals surface area contributed by atoms with Gasteiger partial charge >= 0.3 is 5.97 Å². The zero-order chi connectivity index (χ0) is 22.7. The third-order valence-electron chi connectivity index (χ3n) is 4.85. The third-order valence-corrected chi connectivity index (χ3v) is 5.65. The molecule has 0 bridgehead atoms. The molecule has 3 aromatic carbocycles. The predicted molar refractivity (Wildman–Crippen MR) is 121 cm³/mol. The average molecular weight is 446 g/mol. The number of hydrogen-bond acceptors (Lipinski definition) is 6. The molecule has 0 spiro atoms. The molecule has 0 fully saturated rings. The lowest BCUT2D eigenvalue weighted by Crippen LogP contribution is -2.29. The first-order chi connectivity index (χ1) is 15.5. The van der Waals surface area contributed by atoms with Crippen molar-refractivity contribution < 1.29 is 23.9 Å². The van der Waals surface area contributed by atoms with E-state index in [2.05, 4.69) is 5.32 Å². The molecule has 4 rings (SSSR count). The molecule has 7 nitrogen and oxygen atoms in total. The summed E-state index contributed by atoms with van der Waals surface area (Å²) in [5, 5.41) is 2.71. The van der Waals surface area contributed by atoms with E-state index in [-0.39, 0.29) is 11.3 Å². The zero-order valence-corrected chi connectivity index (χ0v) is 17.8. The molecule has 0 atom stereocenters. The number of fused-ring (bicyclic) bond motifs is 1. The van der Waals surface area contributed by atoms with E-state index in [0.717, 1.165) is 9.80 Å². The molecule has 1 N–H and O–H groups in total. The van der Waals surface area contributed by atoms with Crippen LogP contribution in [0.15, 0.2) is 77.7 Å². The van der Waals surface area contributed by atoms with Crippen LogP contribution < -0.4 is 10.2 Å². The van der Waals surface area contributed by atoms with Crippen molar-refractivity contribution >= 4 is 46.8 Å². The summed E-state index contributed by atoms with van der Waals surface area (Å²) in [5.41, 5.74) is 1.63. The van der Waals surface area contributed by atoms with Crippen molar-refractivity contribution in [3.63, 3.8) is 0 Å². The first kappa shape index (κ1) is 21.3. The van der Waals surface area contributed by atoms with Gasteiger partial charge in [0.2, 0.25) is 0 Å². The fourth-order valence-electron chi connectivity index (χ4n) is 3.34. The Balaban J connectivity index is 1.44. The van der Waals surface area contributed by atoms with Gasteiger partial charge in [0.25, 0.3) is 17.7 Å². The number of hydrogen-bond donors (Lipinski definition) is 1. The fourth-order valence-corrected chi connectivity index (χ4v) is 3.90. The molecule has 0 unspecified atom stereocenters. The first-order valence-electron chi connectivity index (χ1n) is 9.67. The maximum Gasteiger partial charge on any atom is 0.338 e. The highest BCUT2D eigenvalue weighted by Crippen LogP contribution is 2.29. The highest BCUT2D eigenvalue weighted by atomic mass is 32.2. The summed E-state index contributed by atoms with van der Waals surface area (Å²) >= 11 is 1.49. The molecule has 1 aliphatic rings. The van der Waals surface area contributed by atoms with Gasteiger partial charge in [-0.05, 0) is 48.7 Å². The molecule has 32 heavy (non-hydrogen) atoms. The minimum absolute atomic E-state index is 0.122. The molecule has 0 aromatic heterocycles. The molecule has 0 saturated carbocycles. The number of thioether (sulfide) groups is 1. The Morgan fingerprint density at radius 1 is 0.906 bits per heavy atom. The monoisotopic (exact) mass is 446 g/mol. The molecular weight excluding hydrogens is 428 g/mol. The molecule has 160 valence electrons. The van der Waals surface area contributed by atoms with Gasteiger partial charge in [0.1, 0.15) is 0 Å². The molecule has 1 heterocycles. The number of esters is 1. The summed E-state index contributed by atoms with van der Waals surface area (Å²) in [4.78, 5) is 51.9. The summed E-state index contributed by atoms with van der Waals surface area (Å²) in [7, 11) is 0. The van der Waals surface area contributed by atoms with Gasteiger partial charge in [-0.25, -0.2) is 9.69 Å². The maximum absolute atomic E-state index is 12.7. The number of amides is 3. The Kier molecular flexibility index (Phi) is 6.04. The van der Waals surface area contributed by atoms with Crippen LogP contribution in [0, 0.1) is 0 Å². The van der Waals surface area contributed by atoms with E-state index in [1.165, 1.54) is 23.9 Å². The molecular formula is C24H18N2O5S. The minimum Gasteiger partial charge on any atom is -0.452 e. The zero-order valence-electron chi connectivity index (χ0n) is 17.0. The summed E-state index contributed by atoms with van der Waals surface area (Å²) in [6.07, 6.45) is 1.90. The summed E-state index contributed by atoms with van der Waals surface area (Å²) < 4.78 is 5.12. The van der Waals surface area contributed by atoms with Crippen LogP contribution in [-0.2, 0) is 9.53 Å². The van der Waals surface area contributed by atoms with Gasteiger partial charge in [0.05, 0.1) is 28.1 Å². The molecule has 3 aromatic rings. The van der Waals surface area contributed by atoms with Gasteiger partial charge in [0, 0.05) is 4.90 Å². The van der Waals surface area contributed by atoms with Crippen molar-refractivity contribution in [2.75, 3.05) is 23.1 Å². The van der Waals surface area contributed by atoms with Crippen molar-refractivity contribution in [3.05, 3.63) is 89.5 Å². The van der Waals surface area contributed by atoms with Gasteiger partial charge in [-0.15, -0.1) is 11.8 Å². The molecule has 0 aliphatic carbocycles. The third kappa shape index (κ3) is 4.13. The Bertz CT molecular complexity index is 1210. The SMILES string of the molecule is CSc1ccccc1NC(=O)COC(=O)c1cccc(N2C(=O)c3ccccc3C2=O)c1. The quantitative estimate of drug-likeness (QED) is 0.350. The summed E-state index contributed by atoms with van der Waals surface area (Å²) in [6.45, 7) is -0.473. The van der Waals surface area contributed by atoms with Gasteiger partial charge in [-0.2, -0.15) is 0 Å². The number of anilines is 2. The Morgan fingerprint density at radius 3 is 2.25 bits per heavy atom. The average Bonchev–Trinajstić information content (AvgIpc) is 3.08. The van der Waals surface area contributed by atoms with Crippen molar-refractivity contribution in [2.24, 2.45) is 0 Å². The molecule has 3 amide bonds. The number of carbonyl (C=O) groups is 4. The lowest BCUT2D eigenvalue weighted by atomic mass is 10.1. The van der Waals surface area contributed by atoms with Crippen LogP contribution in [0.25, 0.3) is 0 Å². The number of nitrogens with zero attached hydrogens (tertiary/aromatic N) is 1. The van der Waals surface area contributed by atoms with Gasteiger partial charge in [-0.3, -0.25) is 14.4 Å². The highest BCUT2D eigenvalue weighted by Gasteiger charge is 2.36. The van der Waals surface area contributed by atoms with Gasteiger partial charge in [-0.1, -0.05) is 30.3 Å². The van der Waals surface area contributed by atoms with Crippen molar-refractivity contribution in [2.45, 2.75) is 4.90 Å². The first-order valence-corrected chi connectivity index (χ1v) is 10.9. The van der Waals surface area contributed by atoms with E-state index >= 15 is 0 Å².